The lowest BCUT2D eigenvalue weighted by molar-refractivity contribution is 0.562. The highest BCUT2D eigenvalue weighted by Crippen LogP contribution is 2.35. The number of hydrogen-bond acceptors (Lipinski definition) is 3. The van der Waals surface area contributed by atoms with Crippen LogP contribution in [-0.2, 0) is 0 Å². The highest BCUT2D eigenvalue weighted by molar-refractivity contribution is 9.10. The van der Waals surface area contributed by atoms with Gasteiger partial charge in [0.2, 0.25) is 0 Å². The van der Waals surface area contributed by atoms with Crippen LogP contribution in [-0.4, -0.2) is 0 Å². The number of aryl methyl sites for hydroxylation is 2. The molecule has 0 saturated carbocycles. The first kappa shape index (κ1) is 10.6. The summed E-state index contributed by atoms with van der Waals surface area (Å²) in [5.41, 5.74) is 2.84. The lowest BCUT2D eigenvalue weighted by Crippen LogP contribution is -1.98. The maximum atomic E-state index is 11.5. The average molecular weight is 293 g/mol. The van der Waals surface area contributed by atoms with E-state index in [1.165, 1.54) is 6.07 Å². The topological polar surface area (TPSA) is 43.4 Å². The number of rotatable bonds is 0. The van der Waals surface area contributed by atoms with Crippen LogP contribution in [0.3, 0.4) is 0 Å². The second-order valence-corrected chi connectivity index (χ2v) is 4.96. The number of halogens is 1. The van der Waals surface area contributed by atoms with E-state index < -0.39 is 0 Å². The van der Waals surface area contributed by atoms with Crippen LogP contribution in [0.25, 0.3) is 21.9 Å². The Morgan fingerprint density at radius 1 is 1.12 bits per heavy atom. The first-order valence-corrected chi connectivity index (χ1v) is 5.98. The van der Waals surface area contributed by atoms with Gasteiger partial charge in [0, 0.05) is 11.5 Å². The molecule has 0 N–H and O–H groups in total. The minimum absolute atomic E-state index is 0.334. The molecular weight excluding hydrogens is 284 g/mol. The van der Waals surface area contributed by atoms with E-state index in [4.69, 9.17) is 8.83 Å². The summed E-state index contributed by atoms with van der Waals surface area (Å²) >= 11 is 3.47. The molecule has 0 bridgehead atoms. The van der Waals surface area contributed by atoms with E-state index in [1.54, 1.807) is 6.26 Å². The van der Waals surface area contributed by atoms with Crippen molar-refractivity contribution in [1.82, 2.24) is 0 Å². The number of hydrogen-bond donors (Lipinski definition) is 0. The zero-order chi connectivity index (χ0) is 12.2. The van der Waals surface area contributed by atoms with E-state index >= 15 is 0 Å². The summed E-state index contributed by atoms with van der Waals surface area (Å²) < 4.78 is 11.6. The van der Waals surface area contributed by atoms with Crippen molar-refractivity contribution in [2.45, 2.75) is 13.8 Å². The monoisotopic (exact) mass is 292 g/mol. The molecule has 86 valence electrons. The molecule has 0 aliphatic rings. The van der Waals surface area contributed by atoms with E-state index in [1.807, 2.05) is 19.9 Å². The Morgan fingerprint density at radius 2 is 1.88 bits per heavy atom. The van der Waals surface area contributed by atoms with Crippen molar-refractivity contribution in [3.05, 3.63) is 44.4 Å². The lowest BCUT2D eigenvalue weighted by Gasteiger charge is -2.03. The van der Waals surface area contributed by atoms with Crippen molar-refractivity contribution in [3.63, 3.8) is 0 Å². The van der Waals surface area contributed by atoms with Crippen LogP contribution in [0.2, 0.25) is 0 Å². The van der Waals surface area contributed by atoms with Crippen LogP contribution in [0.1, 0.15) is 11.1 Å². The molecule has 0 amide bonds. The molecule has 0 unspecified atom stereocenters. The summed E-state index contributed by atoms with van der Waals surface area (Å²) in [5.74, 6) is 0. The van der Waals surface area contributed by atoms with Crippen molar-refractivity contribution in [3.8, 4) is 0 Å². The fourth-order valence-electron chi connectivity index (χ4n) is 2.08. The maximum absolute atomic E-state index is 11.5. The van der Waals surface area contributed by atoms with Crippen LogP contribution >= 0.6 is 15.9 Å². The van der Waals surface area contributed by atoms with E-state index in [9.17, 15) is 4.79 Å². The van der Waals surface area contributed by atoms with Gasteiger partial charge >= 0.3 is 5.63 Å². The van der Waals surface area contributed by atoms with Gasteiger partial charge in [-0.1, -0.05) is 0 Å². The zero-order valence-corrected chi connectivity index (χ0v) is 10.9. The number of benzene rings is 1. The molecule has 4 heteroatoms. The molecule has 17 heavy (non-hydrogen) atoms. The van der Waals surface area contributed by atoms with Crippen LogP contribution in [0.4, 0.5) is 0 Å². The average Bonchev–Trinajstić information content (AvgIpc) is 2.64. The molecule has 3 nitrogen and oxygen atoms in total. The van der Waals surface area contributed by atoms with Gasteiger partial charge in [-0.15, -0.1) is 0 Å². The highest BCUT2D eigenvalue weighted by Gasteiger charge is 2.14. The molecule has 0 radical (unpaired) electrons. The smallest absolute Gasteiger partial charge is 0.336 e. The fraction of sp³-hybridized carbons (Fsp3) is 0.154. The van der Waals surface area contributed by atoms with Gasteiger partial charge in [0.1, 0.15) is 5.58 Å². The summed E-state index contributed by atoms with van der Waals surface area (Å²) in [6.07, 6.45) is 1.66. The van der Waals surface area contributed by atoms with Crippen molar-refractivity contribution in [1.29, 1.82) is 0 Å². The van der Waals surface area contributed by atoms with Gasteiger partial charge < -0.3 is 8.83 Å². The second kappa shape index (κ2) is 3.47. The van der Waals surface area contributed by atoms with Gasteiger partial charge in [0.05, 0.1) is 16.1 Å². The van der Waals surface area contributed by atoms with Gasteiger partial charge in [-0.25, -0.2) is 4.79 Å². The largest absolute Gasteiger partial charge is 0.463 e. The standard InChI is InChI=1S/C13H9BrO3/c1-6-3-10(15)17-12-8(6)4-9(14)13-11(12)7(2)5-16-13/h3-5H,1-2H3. The maximum Gasteiger partial charge on any atom is 0.336 e. The Hall–Kier alpha value is -1.55. The van der Waals surface area contributed by atoms with Crippen LogP contribution in [0, 0.1) is 13.8 Å². The van der Waals surface area contributed by atoms with Gasteiger partial charge in [-0.2, -0.15) is 0 Å². The van der Waals surface area contributed by atoms with Gasteiger partial charge in [-0.3, -0.25) is 0 Å². The second-order valence-electron chi connectivity index (χ2n) is 4.11. The Morgan fingerprint density at radius 3 is 2.65 bits per heavy atom. The van der Waals surface area contributed by atoms with Crippen molar-refractivity contribution in [2.24, 2.45) is 0 Å². The predicted molar refractivity (Wildman–Crippen MR) is 69.4 cm³/mol. The third kappa shape index (κ3) is 1.44. The molecular formula is C13H9BrO3. The third-order valence-electron chi connectivity index (χ3n) is 2.90. The SMILES string of the molecule is Cc1cc(=O)oc2c1cc(Br)c1occ(C)c12. The first-order valence-electron chi connectivity index (χ1n) is 5.18. The molecule has 0 fully saturated rings. The fourth-order valence-corrected chi connectivity index (χ4v) is 2.60. The van der Waals surface area contributed by atoms with Crippen LogP contribution < -0.4 is 5.63 Å². The Labute approximate surface area is 105 Å². The molecule has 3 rings (SSSR count). The Balaban J connectivity index is 2.71. The van der Waals surface area contributed by atoms with E-state index in [0.29, 0.717) is 11.2 Å². The molecule has 2 heterocycles. The Bertz CT molecular complexity index is 796. The summed E-state index contributed by atoms with van der Waals surface area (Å²) in [6.45, 7) is 3.83. The molecule has 0 aliphatic carbocycles. The number of furan rings is 1. The molecule has 2 aromatic heterocycles. The van der Waals surface area contributed by atoms with Crippen molar-refractivity contribution >= 4 is 37.9 Å². The van der Waals surface area contributed by atoms with E-state index in [0.717, 1.165) is 26.4 Å². The van der Waals surface area contributed by atoms with E-state index in [2.05, 4.69) is 15.9 Å². The summed E-state index contributed by atoms with van der Waals surface area (Å²) in [5, 5.41) is 1.78. The van der Waals surface area contributed by atoms with Crippen LogP contribution in [0.15, 0.2) is 36.5 Å². The minimum Gasteiger partial charge on any atom is -0.463 e. The summed E-state index contributed by atoms with van der Waals surface area (Å²) in [6, 6.07) is 3.41. The van der Waals surface area contributed by atoms with Gasteiger partial charge in [0.25, 0.3) is 0 Å². The van der Waals surface area contributed by atoms with Crippen LogP contribution in [0.5, 0.6) is 0 Å². The highest BCUT2D eigenvalue weighted by atomic mass is 79.9. The van der Waals surface area contributed by atoms with Crippen molar-refractivity contribution < 1.29 is 8.83 Å². The molecule has 0 spiro atoms. The quantitative estimate of drug-likeness (QED) is 0.590. The normalized spacial score (nSPS) is 11.5. The molecule has 0 atom stereocenters. The van der Waals surface area contributed by atoms with Gasteiger partial charge in [0.15, 0.2) is 5.58 Å². The summed E-state index contributed by atoms with van der Waals surface area (Å²) in [4.78, 5) is 11.5. The molecule has 3 aromatic rings. The van der Waals surface area contributed by atoms with Crippen molar-refractivity contribution in [2.75, 3.05) is 0 Å². The first-order chi connectivity index (χ1) is 8.08. The van der Waals surface area contributed by atoms with Gasteiger partial charge in [-0.05, 0) is 47.0 Å². The lowest BCUT2D eigenvalue weighted by atomic mass is 10.1. The predicted octanol–water partition coefficient (Wildman–Crippen LogP) is 3.92. The zero-order valence-electron chi connectivity index (χ0n) is 9.33. The number of fused-ring (bicyclic) bond motifs is 3. The third-order valence-corrected chi connectivity index (χ3v) is 3.49. The summed E-state index contributed by atoms with van der Waals surface area (Å²) in [7, 11) is 0. The Kier molecular flexibility index (Phi) is 2.16. The molecule has 0 saturated heterocycles. The van der Waals surface area contributed by atoms with E-state index in [-0.39, 0.29) is 5.63 Å². The molecule has 1 aromatic carbocycles. The minimum atomic E-state index is -0.334. The molecule has 0 aliphatic heterocycles.